The van der Waals surface area contributed by atoms with Crippen molar-refractivity contribution < 1.29 is 19.1 Å². The van der Waals surface area contributed by atoms with Crippen molar-refractivity contribution in [3.63, 3.8) is 0 Å². The topological polar surface area (TPSA) is 75.7 Å². The second-order valence-electron chi connectivity index (χ2n) is 13.9. The van der Waals surface area contributed by atoms with Crippen molar-refractivity contribution in [1.29, 1.82) is 0 Å². The molecule has 6 nitrogen and oxygen atoms in total. The molecule has 0 radical (unpaired) electrons. The van der Waals surface area contributed by atoms with Gasteiger partial charge in [-0.2, -0.15) is 0 Å². The zero-order valence-corrected chi connectivity index (χ0v) is 33.6. The molecule has 0 aromatic heterocycles. The Morgan fingerprint density at radius 1 is 0.593 bits per heavy atom. The van der Waals surface area contributed by atoms with Crippen LogP contribution in [0.4, 0.5) is 11.4 Å². The predicted octanol–water partition coefficient (Wildman–Crippen LogP) is 10.8. The molecule has 0 heterocycles. The molecule has 0 aliphatic heterocycles. The Balaban J connectivity index is 0.967. The van der Waals surface area contributed by atoms with Crippen molar-refractivity contribution in [1.82, 2.24) is 0 Å². The second kappa shape index (κ2) is 19.9. The third-order valence-corrected chi connectivity index (χ3v) is 10.6. The first-order valence-corrected chi connectivity index (χ1v) is 20.5. The molecule has 0 saturated carbocycles. The zero-order chi connectivity index (χ0) is 40.8. The monoisotopic (exact) mass is 790 g/mol. The number of ether oxygens (including phenoxy) is 1. The van der Waals surface area contributed by atoms with Crippen LogP contribution in [-0.4, -0.2) is 42.9 Å². The van der Waals surface area contributed by atoms with Crippen LogP contribution in [0.3, 0.4) is 0 Å². The number of benzene rings is 7. The number of esters is 1. The number of nitrogens with one attached hydrogen (secondary N) is 1. The van der Waals surface area contributed by atoms with Gasteiger partial charge in [0.05, 0.1) is 5.56 Å². The molecule has 1 amide bonds. The predicted molar refractivity (Wildman–Crippen MR) is 242 cm³/mol. The van der Waals surface area contributed by atoms with Crippen LogP contribution in [0.15, 0.2) is 158 Å². The summed E-state index contributed by atoms with van der Waals surface area (Å²) in [5.41, 5.74) is 6.44. The fourth-order valence-electron chi connectivity index (χ4n) is 6.69. The summed E-state index contributed by atoms with van der Waals surface area (Å²) in [5, 5.41) is 7.00. The molecule has 0 aliphatic carbocycles. The van der Waals surface area contributed by atoms with Crippen LogP contribution in [0.5, 0.6) is 0 Å². The van der Waals surface area contributed by atoms with Gasteiger partial charge < -0.3 is 15.0 Å². The van der Waals surface area contributed by atoms with Crippen LogP contribution >= 0.6 is 11.8 Å². The maximum Gasteiger partial charge on any atom is 0.338 e. The first kappa shape index (κ1) is 40.1. The highest BCUT2D eigenvalue weighted by molar-refractivity contribution is 8.14. The molecular weight excluding hydrogens is 749 g/mol. The summed E-state index contributed by atoms with van der Waals surface area (Å²) in [4.78, 5) is 40.2. The summed E-state index contributed by atoms with van der Waals surface area (Å²) in [5.74, 6) is 13.6. The van der Waals surface area contributed by atoms with Gasteiger partial charge in [-0.1, -0.05) is 120 Å². The van der Waals surface area contributed by atoms with E-state index in [1.54, 1.807) is 24.3 Å². The SMILES string of the molecule is CN(CCCCC(=O)Nc1ccc2c(C#Cc3ccccc3)c3ccccc3c(C#Cc3ccccc3)c2c1)c1ccc(C(=O)SCCOC(=O)c2ccccc2)cc1. The summed E-state index contributed by atoms with van der Waals surface area (Å²) in [6.45, 7) is 0.904. The lowest BCUT2D eigenvalue weighted by Crippen LogP contribution is -2.19. The molecule has 7 aromatic carbocycles. The average molecular weight is 791 g/mol. The van der Waals surface area contributed by atoms with E-state index in [0.29, 0.717) is 35.4 Å². The molecule has 0 aliphatic rings. The molecular formula is C52H42N2O4S. The van der Waals surface area contributed by atoms with E-state index in [9.17, 15) is 14.4 Å². The summed E-state index contributed by atoms with van der Waals surface area (Å²) in [6.07, 6.45) is 1.90. The maximum atomic E-state index is 13.3. The Hall–Kier alpha value is -7.06. The number of amides is 1. The summed E-state index contributed by atoms with van der Waals surface area (Å²) < 4.78 is 5.28. The molecule has 1 N–H and O–H groups in total. The Morgan fingerprint density at radius 2 is 1.15 bits per heavy atom. The van der Waals surface area contributed by atoms with Crippen molar-refractivity contribution in [2.24, 2.45) is 0 Å². The highest BCUT2D eigenvalue weighted by atomic mass is 32.2. The minimum atomic E-state index is -0.398. The van der Waals surface area contributed by atoms with E-state index in [4.69, 9.17) is 4.74 Å². The Kier molecular flexibility index (Phi) is 13.5. The van der Waals surface area contributed by atoms with Crippen LogP contribution in [0.2, 0.25) is 0 Å². The number of hydrogen-bond donors (Lipinski definition) is 1. The van der Waals surface area contributed by atoms with Gasteiger partial charge in [0, 0.05) is 70.3 Å². The van der Waals surface area contributed by atoms with E-state index < -0.39 is 5.97 Å². The van der Waals surface area contributed by atoms with Crippen molar-refractivity contribution in [3.05, 3.63) is 191 Å². The van der Waals surface area contributed by atoms with Gasteiger partial charge in [-0.15, -0.1) is 0 Å². The molecule has 7 aromatic rings. The average Bonchev–Trinajstić information content (AvgIpc) is 3.28. The van der Waals surface area contributed by atoms with Gasteiger partial charge in [0.2, 0.25) is 11.0 Å². The fraction of sp³-hybridized carbons (Fsp3) is 0.135. The number of unbranched alkanes of at least 4 members (excludes halogenated alkanes) is 1. The molecule has 7 rings (SSSR count). The van der Waals surface area contributed by atoms with E-state index in [0.717, 1.165) is 74.2 Å². The standard InChI is InChI=1S/C52H42N2O4S/c1-54(43-29-26-41(27-30-43)52(57)59-36-35-58-51(56)40-19-9-4-10-20-40)34-14-13-23-50(55)53-42-28-33-48-46(31-24-38-15-5-2-6-16-38)44-21-11-12-22-45(44)47(49(48)37-42)32-25-39-17-7-3-8-18-39/h2-12,15-22,26-30,33,37H,13-14,23,34-36H2,1H3,(H,53,55). The Labute approximate surface area is 349 Å². The lowest BCUT2D eigenvalue weighted by atomic mass is 9.91. The molecule has 290 valence electrons. The van der Waals surface area contributed by atoms with Crippen LogP contribution in [0.1, 0.15) is 62.2 Å². The molecule has 0 fully saturated rings. The van der Waals surface area contributed by atoms with Gasteiger partial charge in [0.15, 0.2) is 0 Å². The Morgan fingerprint density at radius 3 is 1.78 bits per heavy atom. The number of fused-ring (bicyclic) bond motifs is 2. The number of hydrogen-bond acceptors (Lipinski definition) is 6. The number of rotatable bonds is 12. The smallest absolute Gasteiger partial charge is 0.338 e. The van der Waals surface area contributed by atoms with Gasteiger partial charge in [-0.25, -0.2) is 4.79 Å². The molecule has 0 unspecified atom stereocenters. The highest BCUT2D eigenvalue weighted by Crippen LogP contribution is 2.34. The number of anilines is 2. The first-order valence-electron chi connectivity index (χ1n) is 19.6. The number of thioether (sulfide) groups is 1. The molecule has 7 heteroatoms. The molecule has 0 bridgehead atoms. The van der Waals surface area contributed by atoms with Gasteiger partial charge in [-0.05, 0) is 102 Å². The van der Waals surface area contributed by atoms with Crippen LogP contribution in [0, 0.1) is 23.7 Å². The minimum absolute atomic E-state index is 0.0519. The second-order valence-corrected chi connectivity index (χ2v) is 15.0. The highest BCUT2D eigenvalue weighted by Gasteiger charge is 2.14. The van der Waals surface area contributed by atoms with Gasteiger partial charge >= 0.3 is 5.97 Å². The Bertz CT molecular complexity index is 2710. The number of carbonyl (C=O) groups excluding carboxylic acids is 3. The van der Waals surface area contributed by atoms with Crippen LogP contribution in [0.25, 0.3) is 21.5 Å². The normalized spacial score (nSPS) is 10.5. The lowest BCUT2D eigenvalue weighted by Gasteiger charge is -2.19. The van der Waals surface area contributed by atoms with E-state index in [-0.39, 0.29) is 17.6 Å². The van der Waals surface area contributed by atoms with Crippen molar-refractivity contribution >= 4 is 61.7 Å². The molecule has 0 saturated heterocycles. The maximum absolute atomic E-state index is 13.3. The molecule has 0 atom stereocenters. The summed E-state index contributed by atoms with van der Waals surface area (Å²) >= 11 is 1.13. The molecule has 59 heavy (non-hydrogen) atoms. The van der Waals surface area contributed by atoms with E-state index in [1.165, 1.54) is 0 Å². The number of nitrogens with zero attached hydrogens (tertiary/aromatic N) is 1. The van der Waals surface area contributed by atoms with Gasteiger partial charge in [-0.3, -0.25) is 9.59 Å². The fourth-order valence-corrected chi connectivity index (χ4v) is 7.34. The van der Waals surface area contributed by atoms with E-state index in [2.05, 4.69) is 46.0 Å². The van der Waals surface area contributed by atoms with Crippen molar-refractivity contribution in [2.45, 2.75) is 19.3 Å². The third kappa shape index (κ3) is 10.7. The first-order chi connectivity index (χ1) is 28.9. The third-order valence-electron chi connectivity index (χ3n) is 9.77. The molecule has 0 spiro atoms. The van der Waals surface area contributed by atoms with E-state index >= 15 is 0 Å². The van der Waals surface area contributed by atoms with E-state index in [1.807, 2.05) is 128 Å². The number of carbonyl (C=O) groups is 3. The van der Waals surface area contributed by atoms with Crippen LogP contribution in [-0.2, 0) is 9.53 Å². The van der Waals surface area contributed by atoms with Crippen molar-refractivity contribution in [3.8, 4) is 23.7 Å². The van der Waals surface area contributed by atoms with Gasteiger partial charge in [0.1, 0.15) is 6.61 Å². The van der Waals surface area contributed by atoms with Gasteiger partial charge in [0.25, 0.3) is 0 Å². The lowest BCUT2D eigenvalue weighted by molar-refractivity contribution is -0.116. The minimum Gasteiger partial charge on any atom is -0.461 e. The van der Waals surface area contributed by atoms with Crippen molar-refractivity contribution in [2.75, 3.05) is 36.2 Å². The van der Waals surface area contributed by atoms with Crippen LogP contribution < -0.4 is 10.2 Å². The summed E-state index contributed by atoms with van der Waals surface area (Å²) in [6, 6.07) is 50.4. The quantitative estimate of drug-likeness (QED) is 0.0575. The largest absolute Gasteiger partial charge is 0.461 e. The summed E-state index contributed by atoms with van der Waals surface area (Å²) in [7, 11) is 2.00. The zero-order valence-electron chi connectivity index (χ0n) is 32.7.